The third kappa shape index (κ3) is 3.73. The smallest absolute Gasteiger partial charge is 0.121 e. The molecule has 0 aliphatic heterocycles. The van der Waals surface area contributed by atoms with E-state index in [1.807, 2.05) is 18.2 Å². The number of thiazole rings is 1. The van der Waals surface area contributed by atoms with Gasteiger partial charge in [-0.15, -0.1) is 11.3 Å². The number of nitrogens with one attached hydrogen (secondary N) is 1. The number of nitrogens with zero attached hydrogens (tertiary/aromatic N) is 1. The van der Waals surface area contributed by atoms with Crippen molar-refractivity contribution in [2.75, 3.05) is 12.4 Å². The van der Waals surface area contributed by atoms with Gasteiger partial charge in [0.15, 0.2) is 0 Å². The number of hydrogen-bond donors (Lipinski definition) is 1. The number of anilines is 1. The van der Waals surface area contributed by atoms with E-state index in [4.69, 9.17) is 4.74 Å². The zero-order valence-corrected chi connectivity index (χ0v) is 14.6. The lowest BCUT2D eigenvalue weighted by Crippen LogP contribution is -2.12. The summed E-state index contributed by atoms with van der Waals surface area (Å²) < 4.78 is 6.26. The second-order valence-electron chi connectivity index (χ2n) is 5.58. The highest BCUT2D eigenvalue weighted by atomic mass is 79.9. The van der Waals surface area contributed by atoms with Gasteiger partial charge in [0.1, 0.15) is 10.8 Å². The standard InChI is InChI=1S/C15H19BrN2OS/c1-15(2,3)13-9-20-14(18-13)8-17-12-7-10(19-4)5-6-11(12)16/h5-7,9,17H,8H2,1-4H3. The molecule has 0 saturated heterocycles. The molecule has 1 N–H and O–H groups in total. The van der Waals surface area contributed by atoms with Gasteiger partial charge in [0, 0.05) is 21.3 Å². The predicted molar refractivity (Wildman–Crippen MR) is 88.8 cm³/mol. The fraction of sp³-hybridized carbons (Fsp3) is 0.400. The number of halogens is 1. The number of benzene rings is 1. The van der Waals surface area contributed by atoms with E-state index in [-0.39, 0.29) is 5.41 Å². The first-order valence-corrected chi connectivity index (χ1v) is 8.09. The highest BCUT2D eigenvalue weighted by Gasteiger charge is 2.17. The molecule has 0 radical (unpaired) electrons. The van der Waals surface area contributed by atoms with Crippen LogP contribution in [0.5, 0.6) is 5.75 Å². The third-order valence-electron chi connectivity index (χ3n) is 2.92. The molecule has 0 unspecified atom stereocenters. The van der Waals surface area contributed by atoms with Crippen molar-refractivity contribution >= 4 is 33.0 Å². The molecule has 0 saturated carbocycles. The minimum atomic E-state index is 0.102. The van der Waals surface area contributed by atoms with Crippen LogP contribution in [0, 0.1) is 0 Å². The summed E-state index contributed by atoms with van der Waals surface area (Å²) in [6, 6.07) is 5.88. The molecule has 2 aromatic rings. The quantitative estimate of drug-likeness (QED) is 0.854. The van der Waals surface area contributed by atoms with E-state index in [0.717, 1.165) is 26.6 Å². The van der Waals surface area contributed by atoms with Gasteiger partial charge in [-0.25, -0.2) is 4.98 Å². The van der Waals surface area contributed by atoms with Crippen LogP contribution in [-0.2, 0) is 12.0 Å². The molecular weight excluding hydrogens is 336 g/mol. The van der Waals surface area contributed by atoms with Crippen molar-refractivity contribution in [2.45, 2.75) is 32.7 Å². The average Bonchev–Trinajstić information content (AvgIpc) is 2.86. The molecule has 2 rings (SSSR count). The van der Waals surface area contributed by atoms with E-state index in [1.165, 1.54) is 0 Å². The molecule has 0 fully saturated rings. The minimum absolute atomic E-state index is 0.102. The average molecular weight is 355 g/mol. The molecule has 108 valence electrons. The fourth-order valence-corrected chi connectivity index (χ4v) is 3.02. The van der Waals surface area contributed by atoms with Gasteiger partial charge in [-0.1, -0.05) is 20.8 Å². The molecule has 20 heavy (non-hydrogen) atoms. The van der Waals surface area contributed by atoms with Crippen LogP contribution in [-0.4, -0.2) is 12.1 Å². The molecule has 1 aromatic heterocycles. The van der Waals surface area contributed by atoms with E-state index >= 15 is 0 Å². The van der Waals surface area contributed by atoms with Gasteiger partial charge >= 0.3 is 0 Å². The van der Waals surface area contributed by atoms with Crippen LogP contribution in [0.25, 0.3) is 0 Å². The molecule has 0 aliphatic rings. The van der Waals surface area contributed by atoms with Gasteiger partial charge in [-0.3, -0.25) is 0 Å². The largest absolute Gasteiger partial charge is 0.497 e. The van der Waals surface area contributed by atoms with Crippen molar-refractivity contribution < 1.29 is 4.74 Å². The molecule has 1 heterocycles. The Bertz CT molecular complexity index is 590. The van der Waals surface area contributed by atoms with E-state index in [1.54, 1.807) is 18.4 Å². The van der Waals surface area contributed by atoms with E-state index in [2.05, 4.69) is 52.4 Å². The summed E-state index contributed by atoms with van der Waals surface area (Å²) in [5.74, 6) is 0.838. The Morgan fingerprint density at radius 3 is 2.70 bits per heavy atom. The first-order valence-electron chi connectivity index (χ1n) is 6.42. The second kappa shape index (κ2) is 6.14. The van der Waals surface area contributed by atoms with Crippen molar-refractivity contribution in [1.29, 1.82) is 0 Å². The SMILES string of the molecule is COc1ccc(Br)c(NCc2nc(C(C)(C)C)cs2)c1. The molecule has 0 aliphatic carbocycles. The van der Waals surface area contributed by atoms with Crippen LogP contribution >= 0.6 is 27.3 Å². The Hall–Kier alpha value is -1.07. The maximum Gasteiger partial charge on any atom is 0.121 e. The normalized spacial score (nSPS) is 11.4. The van der Waals surface area contributed by atoms with Crippen LogP contribution in [0.2, 0.25) is 0 Å². The summed E-state index contributed by atoms with van der Waals surface area (Å²) in [6.45, 7) is 7.25. The van der Waals surface area contributed by atoms with E-state index in [0.29, 0.717) is 6.54 Å². The Morgan fingerprint density at radius 1 is 1.35 bits per heavy atom. The van der Waals surface area contributed by atoms with Crippen LogP contribution in [0.4, 0.5) is 5.69 Å². The first-order chi connectivity index (χ1) is 9.40. The van der Waals surface area contributed by atoms with Crippen molar-refractivity contribution in [2.24, 2.45) is 0 Å². The Balaban J connectivity index is 2.07. The van der Waals surface area contributed by atoms with Crippen LogP contribution in [0.15, 0.2) is 28.1 Å². The number of aromatic nitrogens is 1. The summed E-state index contributed by atoms with van der Waals surface area (Å²) in [5, 5.41) is 6.61. The fourth-order valence-electron chi connectivity index (χ4n) is 1.67. The number of rotatable bonds is 4. The molecule has 0 amide bonds. The van der Waals surface area contributed by atoms with Crippen LogP contribution < -0.4 is 10.1 Å². The van der Waals surface area contributed by atoms with Gasteiger partial charge in [0.25, 0.3) is 0 Å². The van der Waals surface area contributed by atoms with Gasteiger partial charge < -0.3 is 10.1 Å². The summed E-state index contributed by atoms with van der Waals surface area (Å²) in [6.07, 6.45) is 0. The molecular formula is C15H19BrN2OS. The van der Waals surface area contributed by atoms with Crippen LogP contribution in [0.3, 0.4) is 0 Å². The van der Waals surface area contributed by atoms with Gasteiger partial charge in [0.2, 0.25) is 0 Å². The molecule has 0 bridgehead atoms. The predicted octanol–water partition coefficient (Wildman–Crippen LogP) is 4.82. The van der Waals surface area contributed by atoms with E-state index < -0.39 is 0 Å². The third-order valence-corrected chi connectivity index (χ3v) is 4.46. The summed E-state index contributed by atoms with van der Waals surface area (Å²) in [7, 11) is 1.67. The Labute approximate surface area is 132 Å². The summed E-state index contributed by atoms with van der Waals surface area (Å²) in [4.78, 5) is 4.68. The lowest BCUT2D eigenvalue weighted by atomic mass is 9.93. The topological polar surface area (TPSA) is 34.1 Å². The van der Waals surface area contributed by atoms with Crippen molar-refractivity contribution in [1.82, 2.24) is 4.98 Å². The van der Waals surface area contributed by atoms with Crippen molar-refractivity contribution in [3.63, 3.8) is 0 Å². The van der Waals surface area contributed by atoms with Crippen LogP contribution in [0.1, 0.15) is 31.5 Å². The minimum Gasteiger partial charge on any atom is -0.497 e. The lowest BCUT2D eigenvalue weighted by Gasteiger charge is -2.14. The van der Waals surface area contributed by atoms with Gasteiger partial charge in [0.05, 0.1) is 25.0 Å². The molecule has 1 aromatic carbocycles. The molecule has 3 nitrogen and oxygen atoms in total. The van der Waals surface area contributed by atoms with E-state index in [9.17, 15) is 0 Å². The lowest BCUT2D eigenvalue weighted by molar-refractivity contribution is 0.415. The molecule has 0 spiro atoms. The first kappa shape index (κ1) is 15.3. The van der Waals surface area contributed by atoms with Gasteiger partial charge in [-0.2, -0.15) is 0 Å². The monoisotopic (exact) mass is 354 g/mol. The Morgan fingerprint density at radius 2 is 2.10 bits per heavy atom. The maximum absolute atomic E-state index is 5.24. The highest BCUT2D eigenvalue weighted by Crippen LogP contribution is 2.28. The number of ether oxygens (including phenoxy) is 1. The number of methoxy groups -OCH3 is 1. The Kier molecular flexibility index (Phi) is 4.70. The second-order valence-corrected chi connectivity index (χ2v) is 7.37. The van der Waals surface area contributed by atoms with Gasteiger partial charge in [-0.05, 0) is 28.1 Å². The summed E-state index contributed by atoms with van der Waals surface area (Å²) in [5.41, 5.74) is 2.26. The zero-order valence-electron chi connectivity index (χ0n) is 12.2. The van der Waals surface area contributed by atoms with Crippen molar-refractivity contribution in [3.8, 4) is 5.75 Å². The van der Waals surface area contributed by atoms with Crippen molar-refractivity contribution in [3.05, 3.63) is 38.8 Å². The zero-order chi connectivity index (χ0) is 14.8. The highest BCUT2D eigenvalue weighted by molar-refractivity contribution is 9.10. The maximum atomic E-state index is 5.24. The summed E-state index contributed by atoms with van der Waals surface area (Å²) >= 11 is 5.23. The molecule has 0 atom stereocenters. The molecule has 5 heteroatoms. The number of hydrogen-bond acceptors (Lipinski definition) is 4.